The van der Waals surface area contributed by atoms with Gasteiger partial charge in [-0.2, -0.15) is 0 Å². The monoisotopic (exact) mass is 294 g/mol. The number of fused-ring (bicyclic) bond motifs is 1. The molecule has 1 aromatic carbocycles. The van der Waals surface area contributed by atoms with Gasteiger partial charge in [-0.15, -0.1) is 0 Å². The Morgan fingerprint density at radius 1 is 1.25 bits per heavy atom. The first-order valence-electron chi connectivity index (χ1n) is 5.84. The summed E-state index contributed by atoms with van der Waals surface area (Å²) in [5.74, 6) is -0.367. The Hall–Kier alpha value is -1.99. The minimum Gasteiger partial charge on any atom is -0.360 e. The van der Waals surface area contributed by atoms with E-state index in [4.69, 9.17) is 0 Å². The van der Waals surface area contributed by atoms with Gasteiger partial charge in [0.05, 0.1) is 10.5 Å². The minimum absolute atomic E-state index is 0.0110. The number of pyridine rings is 1. The van der Waals surface area contributed by atoms with Crippen molar-refractivity contribution in [1.82, 2.24) is 9.29 Å². The highest BCUT2D eigenvalue weighted by molar-refractivity contribution is 7.89. The van der Waals surface area contributed by atoms with E-state index in [9.17, 15) is 18.0 Å². The third-order valence-corrected chi connectivity index (χ3v) is 4.82. The van der Waals surface area contributed by atoms with Crippen molar-refractivity contribution in [3.8, 4) is 0 Å². The van der Waals surface area contributed by atoms with Crippen LogP contribution in [0.5, 0.6) is 0 Å². The topological polar surface area (TPSA) is 87.3 Å². The summed E-state index contributed by atoms with van der Waals surface area (Å²) in [5.41, 5.74) is 0.0247. The molecular weight excluding hydrogens is 280 g/mol. The Labute approximate surface area is 116 Å². The fraction of sp³-hybridized carbons (Fsp3) is 0.231. The average Bonchev–Trinajstić information content (AvgIpc) is 2.38. The molecule has 0 aliphatic heterocycles. The highest BCUT2D eigenvalue weighted by Crippen LogP contribution is 2.17. The first-order valence-corrected chi connectivity index (χ1v) is 7.28. The second-order valence-electron chi connectivity index (χ2n) is 4.58. The molecule has 0 fully saturated rings. The van der Waals surface area contributed by atoms with Gasteiger partial charge in [0.2, 0.25) is 10.0 Å². The molecule has 0 atom stereocenters. The van der Waals surface area contributed by atoms with Gasteiger partial charge in [-0.3, -0.25) is 9.59 Å². The van der Waals surface area contributed by atoms with Crippen LogP contribution in [0.15, 0.2) is 34.1 Å². The SMILES string of the molecule is CC(=O)c1c[nH]c2ccc(S(=O)(=O)N(C)C)cc2c1=O. The molecule has 0 spiro atoms. The molecular formula is C13H14N2O4S. The zero-order valence-electron chi connectivity index (χ0n) is 11.3. The van der Waals surface area contributed by atoms with Gasteiger partial charge in [-0.25, -0.2) is 12.7 Å². The minimum atomic E-state index is -3.62. The number of carbonyl (C=O) groups excluding carboxylic acids is 1. The molecule has 1 heterocycles. The standard InChI is InChI=1S/C13H14N2O4S/c1-8(16)11-7-14-12-5-4-9(6-10(12)13(11)17)20(18,19)15(2)3/h4-7H,1-3H3,(H,14,17). The Balaban J connectivity index is 2.80. The van der Waals surface area contributed by atoms with E-state index in [2.05, 4.69) is 4.98 Å². The molecule has 0 bridgehead atoms. The lowest BCUT2D eigenvalue weighted by Gasteiger charge is -2.11. The Kier molecular flexibility index (Phi) is 3.49. The lowest BCUT2D eigenvalue weighted by molar-refractivity contribution is 0.101. The Morgan fingerprint density at radius 2 is 1.90 bits per heavy atom. The molecule has 106 valence electrons. The normalized spacial score (nSPS) is 12.0. The Morgan fingerprint density at radius 3 is 2.45 bits per heavy atom. The van der Waals surface area contributed by atoms with E-state index < -0.39 is 15.5 Å². The maximum atomic E-state index is 12.2. The summed E-state index contributed by atoms with van der Waals surface area (Å²) < 4.78 is 25.2. The molecule has 0 aliphatic carbocycles. The maximum Gasteiger partial charge on any atom is 0.242 e. The smallest absolute Gasteiger partial charge is 0.242 e. The number of Topliss-reactive ketones (excluding diaryl/α,β-unsaturated/α-hetero) is 1. The van der Waals surface area contributed by atoms with Crippen LogP contribution in [0, 0.1) is 0 Å². The van der Waals surface area contributed by atoms with Crippen molar-refractivity contribution in [3.05, 3.63) is 40.2 Å². The summed E-state index contributed by atoms with van der Waals surface area (Å²) in [6.07, 6.45) is 1.34. The van der Waals surface area contributed by atoms with Crippen LogP contribution >= 0.6 is 0 Å². The zero-order valence-corrected chi connectivity index (χ0v) is 12.1. The van der Waals surface area contributed by atoms with E-state index in [0.29, 0.717) is 5.52 Å². The number of H-pyrrole nitrogens is 1. The molecule has 1 N–H and O–H groups in total. The number of aromatic amines is 1. The van der Waals surface area contributed by atoms with Crippen molar-refractivity contribution in [3.63, 3.8) is 0 Å². The van der Waals surface area contributed by atoms with E-state index in [1.807, 2.05) is 0 Å². The molecule has 20 heavy (non-hydrogen) atoms. The third kappa shape index (κ3) is 2.25. The summed E-state index contributed by atoms with van der Waals surface area (Å²) in [7, 11) is -0.798. The van der Waals surface area contributed by atoms with Crippen LogP contribution in [0.1, 0.15) is 17.3 Å². The number of sulfonamides is 1. The van der Waals surface area contributed by atoms with E-state index in [0.717, 1.165) is 4.31 Å². The highest BCUT2D eigenvalue weighted by Gasteiger charge is 2.18. The first-order chi connectivity index (χ1) is 9.25. The van der Waals surface area contributed by atoms with Gasteiger partial charge in [0.25, 0.3) is 0 Å². The van der Waals surface area contributed by atoms with Gasteiger partial charge in [0.1, 0.15) is 0 Å². The number of ketones is 1. The molecule has 0 saturated heterocycles. The highest BCUT2D eigenvalue weighted by atomic mass is 32.2. The molecule has 7 heteroatoms. The molecule has 1 aromatic heterocycles. The predicted molar refractivity (Wildman–Crippen MR) is 75.4 cm³/mol. The summed E-state index contributed by atoms with van der Waals surface area (Å²) in [5, 5.41) is 0.181. The molecule has 0 unspecified atom stereocenters. The lowest BCUT2D eigenvalue weighted by Crippen LogP contribution is -2.22. The van der Waals surface area contributed by atoms with Crippen molar-refractivity contribution in [2.75, 3.05) is 14.1 Å². The molecule has 0 saturated carbocycles. The molecule has 0 aliphatic rings. The van der Waals surface area contributed by atoms with Crippen LogP contribution in [0.4, 0.5) is 0 Å². The third-order valence-electron chi connectivity index (χ3n) is 3.01. The second kappa shape index (κ2) is 4.84. The average molecular weight is 294 g/mol. The summed E-state index contributed by atoms with van der Waals surface area (Å²) in [6, 6.07) is 4.22. The van der Waals surface area contributed by atoms with Crippen LogP contribution in [0.2, 0.25) is 0 Å². The van der Waals surface area contributed by atoms with Crippen LogP contribution in [-0.2, 0) is 10.0 Å². The van der Waals surface area contributed by atoms with Crippen molar-refractivity contribution in [2.45, 2.75) is 11.8 Å². The van der Waals surface area contributed by atoms with Crippen LogP contribution < -0.4 is 5.43 Å². The van der Waals surface area contributed by atoms with Gasteiger partial charge in [-0.1, -0.05) is 0 Å². The zero-order chi connectivity index (χ0) is 15.1. The van der Waals surface area contributed by atoms with Gasteiger partial charge < -0.3 is 4.98 Å². The lowest BCUT2D eigenvalue weighted by atomic mass is 10.1. The summed E-state index contributed by atoms with van der Waals surface area (Å²) in [4.78, 5) is 26.4. The number of benzene rings is 1. The molecule has 2 rings (SSSR count). The number of aromatic nitrogens is 1. The van der Waals surface area contributed by atoms with Crippen molar-refractivity contribution in [1.29, 1.82) is 0 Å². The number of hydrogen-bond donors (Lipinski definition) is 1. The number of rotatable bonds is 3. The predicted octanol–water partition coefficient (Wildman–Crippen LogP) is 0.981. The molecule has 2 aromatic rings. The second-order valence-corrected chi connectivity index (χ2v) is 6.73. The fourth-order valence-corrected chi connectivity index (χ4v) is 2.76. The number of carbonyl (C=O) groups is 1. The van der Waals surface area contributed by atoms with Crippen molar-refractivity contribution < 1.29 is 13.2 Å². The van der Waals surface area contributed by atoms with Crippen LogP contribution in [0.25, 0.3) is 10.9 Å². The largest absolute Gasteiger partial charge is 0.360 e. The van der Waals surface area contributed by atoms with Gasteiger partial charge in [0, 0.05) is 31.2 Å². The van der Waals surface area contributed by atoms with Crippen LogP contribution in [-0.4, -0.2) is 37.6 Å². The Bertz CT molecular complexity index is 850. The quantitative estimate of drug-likeness (QED) is 0.855. The van der Waals surface area contributed by atoms with E-state index in [1.54, 1.807) is 0 Å². The van der Waals surface area contributed by atoms with E-state index >= 15 is 0 Å². The van der Waals surface area contributed by atoms with Crippen molar-refractivity contribution in [2.24, 2.45) is 0 Å². The van der Waals surface area contributed by atoms with Gasteiger partial charge >= 0.3 is 0 Å². The number of nitrogens with zero attached hydrogens (tertiary/aromatic N) is 1. The molecule has 6 nitrogen and oxygen atoms in total. The molecule has 0 radical (unpaired) electrons. The first kappa shape index (κ1) is 14.4. The van der Waals surface area contributed by atoms with Gasteiger partial charge in [-0.05, 0) is 25.1 Å². The summed E-state index contributed by atoms with van der Waals surface area (Å²) in [6.45, 7) is 1.29. The van der Waals surface area contributed by atoms with Gasteiger partial charge in [0.15, 0.2) is 11.2 Å². The van der Waals surface area contributed by atoms with E-state index in [1.165, 1.54) is 45.4 Å². The van der Waals surface area contributed by atoms with Crippen LogP contribution in [0.3, 0.4) is 0 Å². The maximum absolute atomic E-state index is 12.2. The fourth-order valence-electron chi connectivity index (χ4n) is 1.83. The van der Waals surface area contributed by atoms with E-state index in [-0.39, 0.29) is 21.6 Å². The summed E-state index contributed by atoms with van der Waals surface area (Å²) >= 11 is 0. The number of hydrogen-bond acceptors (Lipinski definition) is 4. The molecule has 0 amide bonds. The number of nitrogens with one attached hydrogen (secondary N) is 1. The van der Waals surface area contributed by atoms with Crippen molar-refractivity contribution >= 4 is 26.7 Å².